The second-order valence-corrected chi connectivity index (χ2v) is 9.06. The van der Waals surface area contributed by atoms with Crippen LogP contribution in [0.3, 0.4) is 0 Å². The summed E-state index contributed by atoms with van der Waals surface area (Å²) in [6, 6.07) is 0.935. The number of piperidine rings is 1. The van der Waals surface area contributed by atoms with E-state index in [0.717, 1.165) is 70.0 Å². The van der Waals surface area contributed by atoms with E-state index in [0.29, 0.717) is 30.4 Å². The van der Waals surface area contributed by atoms with Crippen molar-refractivity contribution in [2.75, 3.05) is 29.9 Å². The number of anilines is 2. The molecule has 1 saturated heterocycles. The maximum Gasteiger partial charge on any atom is 0.317 e. The number of hydrogen-bond donors (Lipinski definition) is 2. The molecule has 0 atom stereocenters. The van der Waals surface area contributed by atoms with Gasteiger partial charge in [-0.3, -0.25) is 14.5 Å². The molecule has 1 aromatic heterocycles. The second kappa shape index (κ2) is 9.29. The minimum atomic E-state index is -0.524. The van der Waals surface area contributed by atoms with Crippen LogP contribution in [-0.2, 0) is 16.0 Å². The van der Waals surface area contributed by atoms with Crippen LogP contribution < -0.4 is 15.5 Å². The van der Waals surface area contributed by atoms with Crippen molar-refractivity contribution in [2.24, 2.45) is 0 Å². The number of carbonyl (C=O) groups excluding carboxylic acids is 2. The van der Waals surface area contributed by atoms with Crippen LogP contribution in [0.5, 0.6) is 0 Å². The summed E-state index contributed by atoms with van der Waals surface area (Å²) in [6.45, 7) is 7.09. The molecular formula is C22H34N6O2. The van der Waals surface area contributed by atoms with Gasteiger partial charge in [0.15, 0.2) is 0 Å². The number of fused-ring (bicyclic) bond motifs is 1. The van der Waals surface area contributed by atoms with E-state index in [4.69, 9.17) is 4.98 Å². The number of rotatable bonds is 4. The van der Waals surface area contributed by atoms with Crippen molar-refractivity contribution >= 4 is 23.6 Å². The van der Waals surface area contributed by atoms with Gasteiger partial charge in [0.25, 0.3) is 0 Å². The number of aryl methyl sites for hydroxylation is 1. The van der Waals surface area contributed by atoms with E-state index in [1.807, 2.05) is 6.20 Å². The number of hydrogen-bond acceptors (Lipinski definition) is 6. The van der Waals surface area contributed by atoms with Gasteiger partial charge in [0.1, 0.15) is 5.82 Å². The molecule has 0 unspecified atom stereocenters. The minimum absolute atomic E-state index is 0.0390. The van der Waals surface area contributed by atoms with Crippen molar-refractivity contribution in [3.8, 4) is 0 Å². The zero-order chi connectivity index (χ0) is 21.1. The van der Waals surface area contributed by atoms with Gasteiger partial charge in [0.05, 0.1) is 0 Å². The SMILES string of the molecule is CC(C)N1CCC(Nc2ncc3c(n2)N(C2CCCC2)C(=O)C(=O)NCCC3)CC1. The average Bonchev–Trinajstić information content (AvgIpc) is 3.27. The Hall–Kier alpha value is -2.22. The van der Waals surface area contributed by atoms with Gasteiger partial charge in [-0.15, -0.1) is 0 Å². The molecule has 2 N–H and O–H groups in total. The monoisotopic (exact) mass is 414 g/mol. The lowest BCUT2D eigenvalue weighted by molar-refractivity contribution is -0.137. The maximum absolute atomic E-state index is 13.0. The van der Waals surface area contributed by atoms with Gasteiger partial charge in [-0.2, -0.15) is 4.98 Å². The summed E-state index contributed by atoms with van der Waals surface area (Å²) in [7, 11) is 0. The summed E-state index contributed by atoms with van der Waals surface area (Å²) in [5.41, 5.74) is 0.951. The molecular weight excluding hydrogens is 380 g/mol. The van der Waals surface area contributed by atoms with Crippen LogP contribution in [-0.4, -0.2) is 64.4 Å². The quantitative estimate of drug-likeness (QED) is 0.734. The Morgan fingerprint density at radius 3 is 2.53 bits per heavy atom. The van der Waals surface area contributed by atoms with Crippen LogP contribution in [0, 0.1) is 0 Å². The molecule has 0 radical (unpaired) electrons. The Kier molecular flexibility index (Phi) is 6.51. The van der Waals surface area contributed by atoms with E-state index in [2.05, 4.69) is 34.4 Å². The fourth-order valence-electron chi connectivity index (χ4n) is 4.86. The molecule has 4 rings (SSSR count). The van der Waals surface area contributed by atoms with Crippen molar-refractivity contribution < 1.29 is 9.59 Å². The fraction of sp³-hybridized carbons (Fsp3) is 0.727. The van der Waals surface area contributed by atoms with Crippen molar-refractivity contribution in [2.45, 2.75) is 83.3 Å². The Bertz CT molecular complexity index is 769. The van der Waals surface area contributed by atoms with Gasteiger partial charge < -0.3 is 15.5 Å². The molecule has 3 aliphatic rings. The number of carbonyl (C=O) groups is 2. The Morgan fingerprint density at radius 1 is 1.10 bits per heavy atom. The lowest BCUT2D eigenvalue weighted by Crippen LogP contribution is -2.48. The van der Waals surface area contributed by atoms with Gasteiger partial charge in [0, 0.05) is 49.5 Å². The van der Waals surface area contributed by atoms with Crippen molar-refractivity contribution in [3.05, 3.63) is 11.8 Å². The molecule has 8 heteroatoms. The van der Waals surface area contributed by atoms with Crippen molar-refractivity contribution in [1.82, 2.24) is 20.2 Å². The fourth-order valence-corrected chi connectivity index (χ4v) is 4.86. The van der Waals surface area contributed by atoms with Gasteiger partial charge in [-0.05, 0) is 52.4 Å². The summed E-state index contributed by atoms with van der Waals surface area (Å²) in [5.74, 6) is 0.178. The highest BCUT2D eigenvalue weighted by Crippen LogP contribution is 2.31. The molecule has 8 nitrogen and oxygen atoms in total. The number of nitrogens with one attached hydrogen (secondary N) is 2. The van der Waals surface area contributed by atoms with Gasteiger partial charge in [-0.1, -0.05) is 12.8 Å². The Balaban J connectivity index is 1.58. The van der Waals surface area contributed by atoms with Gasteiger partial charge in [-0.25, -0.2) is 4.98 Å². The van der Waals surface area contributed by atoms with Crippen LogP contribution in [0.15, 0.2) is 6.20 Å². The maximum atomic E-state index is 13.0. The van der Waals surface area contributed by atoms with Gasteiger partial charge >= 0.3 is 11.8 Å². The molecule has 0 spiro atoms. The molecule has 1 saturated carbocycles. The largest absolute Gasteiger partial charge is 0.351 e. The van der Waals surface area contributed by atoms with E-state index in [1.54, 1.807) is 4.90 Å². The first-order valence-electron chi connectivity index (χ1n) is 11.5. The van der Waals surface area contributed by atoms with Crippen LogP contribution in [0.25, 0.3) is 0 Å². The highest BCUT2D eigenvalue weighted by atomic mass is 16.2. The normalized spacial score (nSPS) is 22.4. The number of aromatic nitrogens is 2. The predicted molar refractivity (Wildman–Crippen MR) is 116 cm³/mol. The zero-order valence-electron chi connectivity index (χ0n) is 18.2. The first-order valence-corrected chi connectivity index (χ1v) is 11.5. The molecule has 0 aromatic carbocycles. The summed E-state index contributed by atoms with van der Waals surface area (Å²) in [4.78, 5) is 39.0. The number of amides is 2. The summed E-state index contributed by atoms with van der Waals surface area (Å²) in [5, 5.41) is 6.25. The van der Waals surface area contributed by atoms with Crippen LogP contribution >= 0.6 is 0 Å². The molecule has 2 fully saturated rings. The van der Waals surface area contributed by atoms with Crippen molar-refractivity contribution in [1.29, 1.82) is 0 Å². The zero-order valence-corrected chi connectivity index (χ0v) is 18.2. The Labute approximate surface area is 178 Å². The molecule has 1 aliphatic carbocycles. The summed E-state index contributed by atoms with van der Waals surface area (Å²) >= 11 is 0. The van der Waals surface area contributed by atoms with E-state index >= 15 is 0 Å². The number of likely N-dealkylation sites (tertiary alicyclic amines) is 1. The number of nitrogens with zero attached hydrogens (tertiary/aromatic N) is 4. The minimum Gasteiger partial charge on any atom is -0.351 e. The molecule has 3 heterocycles. The topological polar surface area (TPSA) is 90.5 Å². The average molecular weight is 415 g/mol. The summed E-state index contributed by atoms with van der Waals surface area (Å²) < 4.78 is 0. The molecule has 1 aromatic rings. The van der Waals surface area contributed by atoms with E-state index in [9.17, 15) is 9.59 Å². The van der Waals surface area contributed by atoms with Crippen LogP contribution in [0.1, 0.15) is 64.4 Å². The van der Waals surface area contributed by atoms with Crippen LogP contribution in [0.2, 0.25) is 0 Å². The summed E-state index contributed by atoms with van der Waals surface area (Å²) in [6.07, 6.45) is 9.45. The second-order valence-electron chi connectivity index (χ2n) is 9.06. The third kappa shape index (κ3) is 4.58. The first-order chi connectivity index (χ1) is 14.5. The lowest BCUT2D eigenvalue weighted by Gasteiger charge is -2.35. The molecule has 0 bridgehead atoms. The highest BCUT2D eigenvalue weighted by Gasteiger charge is 2.35. The Morgan fingerprint density at radius 2 is 1.83 bits per heavy atom. The lowest BCUT2D eigenvalue weighted by atomic mass is 10.0. The first kappa shape index (κ1) is 21.0. The predicted octanol–water partition coefficient (Wildman–Crippen LogP) is 2.10. The molecule has 2 aliphatic heterocycles. The highest BCUT2D eigenvalue weighted by molar-refractivity contribution is 6.40. The van der Waals surface area contributed by atoms with E-state index in [-0.39, 0.29) is 6.04 Å². The molecule has 164 valence electrons. The third-order valence-corrected chi connectivity index (χ3v) is 6.67. The van der Waals surface area contributed by atoms with Gasteiger partial charge in [0.2, 0.25) is 5.95 Å². The third-order valence-electron chi connectivity index (χ3n) is 6.67. The standard InChI is InChI=1S/C22H34N6O2/c1-15(2)27-12-9-17(10-13-27)25-22-24-14-16-6-5-11-23-20(29)21(30)28(19(16)26-22)18-7-3-4-8-18/h14-15,17-18H,3-13H2,1-2H3,(H,23,29)(H,24,25,26). The van der Waals surface area contributed by atoms with Crippen LogP contribution in [0.4, 0.5) is 11.8 Å². The smallest absolute Gasteiger partial charge is 0.317 e. The van der Waals surface area contributed by atoms with E-state index < -0.39 is 11.8 Å². The molecule has 30 heavy (non-hydrogen) atoms. The molecule has 2 amide bonds. The van der Waals surface area contributed by atoms with Crippen molar-refractivity contribution in [3.63, 3.8) is 0 Å². The van der Waals surface area contributed by atoms with E-state index in [1.165, 1.54) is 0 Å².